The highest BCUT2D eigenvalue weighted by molar-refractivity contribution is 7.99. The van der Waals surface area contributed by atoms with E-state index in [1.54, 1.807) is 6.07 Å². The van der Waals surface area contributed by atoms with Crippen molar-refractivity contribution >= 4 is 41.0 Å². The first-order valence-electron chi connectivity index (χ1n) is 12.2. The molecule has 0 aromatic carbocycles. The van der Waals surface area contributed by atoms with Gasteiger partial charge >= 0.3 is 0 Å². The predicted molar refractivity (Wildman–Crippen MR) is 134 cm³/mol. The van der Waals surface area contributed by atoms with Crippen molar-refractivity contribution in [2.45, 2.75) is 63.6 Å². The van der Waals surface area contributed by atoms with Crippen LogP contribution >= 0.6 is 23.4 Å². The van der Waals surface area contributed by atoms with Crippen molar-refractivity contribution in [2.75, 3.05) is 56.5 Å². The van der Waals surface area contributed by atoms with Crippen LogP contribution in [0.1, 0.15) is 52.4 Å². The van der Waals surface area contributed by atoms with Gasteiger partial charge in [0.05, 0.1) is 5.75 Å². The number of halogens is 1. The van der Waals surface area contributed by atoms with Crippen LogP contribution < -0.4 is 10.2 Å². The quantitative estimate of drug-likeness (QED) is 0.303. The zero-order valence-corrected chi connectivity index (χ0v) is 21.5. The Morgan fingerprint density at radius 2 is 1.97 bits per heavy atom. The Kier molecular flexibility index (Phi) is 10.5. The van der Waals surface area contributed by atoms with Gasteiger partial charge in [0.1, 0.15) is 11.0 Å². The lowest BCUT2D eigenvalue weighted by Gasteiger charge is -2.40. The molecule has 2 saturated heterocycles. The average molecular weight is 497 g/mol. The van der Waals surface area contributed by atoms with E-state index >= 15 is 0 Å². The summed E-state index contributed by atoms with van der Waals surface area (Å²) in [5, 5.41) is 3.85. The van der Waals surface area contributed by atoms with Crippen LogP contribution in [0.25, 0.3) is 0 Å². The van der Waals surface area contributed by atoms with Gasteiger partial charge < -0.3 is 20.0 Å². The van der Waals surface area contributed by atoms with Crippen molar-refractivity contribution in [2.24, 2.45) is 0 Å². The molecule has 33 heavy (non-hydrogen) atoms. The number of carbonyl (C=O) groups is 2. The van der Waals surface area contributed by atoms with E-state index in [2.05, 4.69) is 38.9 Å². The lowest BCUT2D eigenvalue weighted by molar-refractivity contribution is -0.133. The second-order valence-electron chi connectivity index (χ2n) is 8.86. The minimum absolute atomic E-state index is 0.0186. The molecular weight excluding hydrogens is 460 g/mol. The second kappa shape index (κ2) is 13.3. The number of carbonyl (C=O) groups excluding carboxylic acids is 2. The number of hydrogen-bond donors (Lipinski definition) is 1. The van der Waals surface area contributed by atoms with E-state index in [-0.39, 0.29) is 23.6 Å². The number of hydrogen-bond acceptors (Lipinski definition) is 7. The number of unbranched alkanes of at least 4 members (excludes halogenated alkanes) is 1. The third-order valence-electron chi connectivity index (χ3n) is 6.21. The summed E-state index contributed by atoms with van der Waals surface area (Å²) >= 11 is 7.56. The fraction of sp³-hybridized carbons (Fsp3) is 0.739. The van der Waals surface area contributed by atoms with E-state index in [9.17, 15) is 9.59 Å². The first-order chi connectivity index (χ1) is 16.0. The van der Waals surface area contributed by atoms with E-state index in [4.69, 9.17) is 11.6 Å². The van der Waals surface area contributed by atoms with Crippen LogP contribution in [-0.2, 0) is 9.59 Å². The van der Waals surface area contributed by atoms with Crippen molar-refractivity contribution < 1.29 is 9.59 Å². The Morgan fingerprint density at radius 3 is 2.70 bits per heavy atom. The first kappa shape index (κ1) is 26.0. The van der Waals surface area contributed by atoms with Gasteiger partial charge in [-0.15, -0.1) is 0 Å². The summed E-state index contributed by atoms with van der Waals surface area (Å²) in [5.41, 5.74) is 0. The van der Waals surface area contributed by atoms with Gasteiger partial charge in [-0.3, -0.25) is 9.59 Å². The molecule has 1 atom stereocenters. The molecule has 2 aliphatic rings. The molecule has 10 heteroatoms. The molecule has 1 unspecified atom stereocenters. The maximum absolute atomic E-state index is 12.4. The smallest absolute Gasteiger partial charge is 0.230 e. The fourth-order valence-electron chi connectivity index (χ4n) is 4.34. The molecule has 3 rings (SSSR count). The van der Waals surface area contributed by atoms with Crippen LogP contribution in [0.3, 0.4) is 0 Å². The van der Waals surface area contributed by atoms with Gasteiger partial charge in [0.25, 0.3) is 0 Å². The first-order valence-corrected chi connectivity index (χ1v) is 13.5. The van der Waals surface area contributed by atoms with Crippen LogP contribution in [0.2, 0.25) is 5.15 Å². The van der Waals surface area contributed by atoms with Crippen molar-refractivity contribution in [1.82, 2.24) is 25.1 Å². The van der Waals surface area contributed by atoms with Crippen molar-refractivity contribution in [1.29, 1.82) is 0 Å². The maximum Gasteiger partial charge on any atom is 0.230 e. The lowest BCUT2D eigenvalue weighted by Crippen LogP contribution is -2.54. The Morgan fingerprint density at radius 1 is 1.18 bits per heavy atom. The van der Waals surface area contributed by atoms with Gasteiger partial charge in [-0.1, -0.05) is 43.1 Å². The van der Waals surface area contributed by atoms with Crippen molar-refractivity contribution in [3.63, 3.8) is 0 Å². The number of nitrogens with one attached hydrogen (secondary N) is 1. The standard InChI is InChI=1S/C23H37ClN6O2S/c1-3-4-8-22(32)30-14-13-29(16-18(30)2)20-15-19(24)26-23(27-20)33-17-21(31)25-9-12-28-10-6-5-7-11-28/h15,18H,3-14,16-17H2,1-2H3,(H,25,31). The molecule has 8 nitrogen and oxygen atoms in total. The van der Waals surface area contributed by atoms with Crippen LogP contribution in [-0.4, -0.2) is 89.2 Å². The van der Waals surface area contributed by atoms with Crippen LogP contribution in [0.15, 0.2) is 11.2 Å². The summed E-state index contributed by atoms with van der Waals surface area (Å²) in [5.74, 6) is 1.22. The fourth-order valence-corrected chi connectivity index (χ4v) is 5.25. The minimum Gasteiger partial charge on any atom is -0.354 e. The van der Waals surface area contributed by atoms with Crippen molar-refractivity contribution in [3.8, 4) is 0 Å². The molecule has 0 aliphatic carbocycles. The van der Waals surface area contributed by atoms with Crippen LogP contribution in [0.5, 0.6) is 0 Å². The molecule has 0 radical (unpaired) electrons. The van der Waals surface area contributed by atoms with Crippen LogP contribution in [0.4, 0.5) is 5.82 Å². The van der Waals surface area contributed by atoms with Crippen molar-refractivity contribution in [3.05, 3.63) is 11.2 Å². The van der Waals surface area contributed by atoms with Crippen LogP contribution in [0, 0.1) is 0 Å². The van der Waals surface area contributed by atoms with E-state index in [0.29, 0.717) is 42.9 Å². The molecule has 1 aromatic heterocycles. The minimum atomic E-state index is -0.0186. The number of anilines is 1. The maximum atomic E-state index is 12.4. The number of piperazine rings is 1. The zero-order valence-electron chi connectivity index (χ0n) is 19.9. The molecule has 184 valence electrons. The third-order valence-corrected chi connectivity index (χ3v) is 7.25. The number of likely N-dealkylation sites (tertiary alicyclic amines) is 1. The molecule has 1 N–H and O–H groups in total. The summed E-state index contributed by atoms with van der Waals surface area (Å²) in [7, 11) is 0. The number of amides is 2. The van der Waals surface area contributed by atoms with Gasteiger partial charge in [-0.2, -0.15) is 0 Å². The summed E-state index contributed by atoms with van der Waals surface area (Å²) in [6, 6.07) is 1.87. The number of nitrogens with zero attached hydrogens (tertiary/aromatic N) is 5. The van der Waals surface area contributed by atoms with Gasteiger partial charge in [-0.05, 0) is 39.3 Å². The normalized spacial score (nSPS) is 19.5. The predicted octanol–water partition coefficient (Wildman–Crippen LogP) is 3.05. The molecule has 0 bridgehead atoms. The number of rotatable bonds is 10. The molecule has 1 aromatic rings. The molecule has 0 saturated carbocycles. The Balaban J connectivity index is 1.47. The molecule has 0 spiro atoms. The number of piperidine rings is 1. The average Bonchev–Trinajstić information content (AvgIpc) is 2.81. The summed E-state index contributed by atoms with van der Waals surface area (Å²) in [4.78, 5) is 40.2. The molecule has 2 amide bonds. The summed E-state index contributed by atoms with van der Waals surface area (Å²) in [6.45, 7) is 10.1. The third kappa shape index (κ3) is 8.30. The Bertz CT molecular complexity index is 792. The van der Waals surface area contributed by atoms with Gasteiger partial charge in [0.15, 0.2) is 5.16 Å². The highest BCUT2D eigenvalue weighted by atomic mass is 35.5. The molecular formula is C23H37ClN6O2S. The lowest BCUT2D eigenvalue weighted by atomic mass is 10.1. The van der Waals surface area contributed by atoms with Gasteiger partial charge in [-0.25, -0.2) is 9.97 Å². The molecule has 2 aliphatic heterocycles. The van der Waals surface area contributed by atoms with Gasteiger partial charge in [0.2, 0.25) is 11.8 Å². The van der Waals surface area contributed by atoms with E-state index in [0.717, 1.165) is 38.3 Å². The number of thioether (sulfide) groups is 1. The Hall–Kier alpha value is -1.58. The Labute approximate surface area is 206 Å². The second-order valence-corrected chi connectivity index (χ2v) is 10.2. The van der Waals surface area contributed by atoms with E-state index < -0.39 is 0 Å². The largest absolute Gasteiger partial charge is 0.354 e. The highest BCUT2D eigenvalue weighted by Gasteiger charge is 2.28. The summed E-state index contributed by atoms with van der Waals surface area (Å²) in [6.07, 6.45) is 6.38. The zero-order chi connectivity index (χ0) is 23.6. The molecule has 2 fully saturated rings. The summed E-state index contributed by atoms with van der Waals surface area (Å²) < 4.78 is 0. The van der Waals surface area contributed by atoms with Gasteiger partial charge in [0, 0.05) is 51.3 Å². The monoisotopic (exact) mass is 496 g/mol. The molecule has 3 heterocycles. The van der Waals surface area contributed by atoms with E-state index in [1.165, 1.54) is 31.0 Å². The number of aromatic nitrogens is 2. The SMILES string of the molecule is CCCCC(=O)N1CCN(c2cc(Cl)nc(SCC(=O)NCCN3CCCCC3)n2)CC1C. The highest BCUT2D eigenvalue weighted by Crippen LogP contribution is 2.24. The van der Waals surface area contributed by atoms with E-state index in [1.807, 2.05) is 4.90 Å². The topological polar surface area (TPSA) is 81.7 Å².